The second kappa shape index (κ2) is 10.6. The predicted molar refractivity (Wildman–Crippen MR) is 113 cm³/mol. The molecule has 0 saturated heterocycles. The summed E-state index contributed by atoms with van der Waals surface area (Å²) in [6, 6.07) is 11.4. The standard InChI is InChI=1S/C20H26INO5/c1-13(23)20(27-18-12-15(24-2)6-7-16(18)21)22-10-9-14-5-8-17(25-3)19(11-14)26-4/h5-8,11-13,20,22-23H,9-10H2,1-4H3. The Labute approximate surface area is 173 Å². The average Bonchev–Trinajstić information content (AvgIpc) is 2.68. The van der Waals surface area contributed by atoms with E-state index in [-0.39, 0.29) is 0 Å². The summed E-state index contributed by atoms with van der Waals surface area (Å²) in [5, 5.41) is 13.3. The Morgan fingerprint density at radius 3 is 2.33 bits per heavy atom. The van der Waals surface area contributed by atoms with Crippen LogP contribution >= 0.6 is 22.6 Å². The molecule has 0 radical (unpaired) electrons. The summed E-state index contributed by atoms with van der Waals surface area (Å²) in [6.07, 6.45) is -0.467. The summed E-state index contributed by atoms with van der Waals surface area (Å²) in [5.41, 5.74) is 1.10. The van der Waals surface area contributed by atoms with Gasteiger partial charge >= 0.3 is 0 Å². The number of aliphatic hydroxyl groups is 1. The maximum absolute atomic E-state index is 10.1. The smallest absolute Gasteiger partial charge is 0.176 e. The molecule has 0 aliphatic carbocycles. The van der Waals surface area contributed by atoms with Gasteiger partial charge in [-0.15, -0.1) is 0 Å². The van der Waals surface area contributed by atoms with Crippen LogP contribution in [0.2, 0.25) is 0 Å². The Morgan fingerprint density at radius 1 is 0.963 bits per heavy atom. The monoisotopic (exact) mass is 487 g/mol. The fourth-order valence-corrected chi connectivity index (χ4v) is 3.01. The lowest BCUT2D eigenvalue weighted by Crippen LogP contribution is -2.44. The largest absolute Gasteiger partial charge is 0.497 e. The zero-order valence-corrected chi connectivity index (χ0v) is 18.1. The molecule has 2 rings (SSSR count). The van der Waals surface area contributed by atoms with Crippen molar-refractivity contribution in [2.45, 2.75) is 25.7 Å². The number of rotatable bonds is 10. The Morgan fingerprint density at radius 2 is 1.70 bits per heavy atom. The van der Waals surface area contributed by atoms with Crippen molar-refractivity contribution in [3.05, 3.63) is 45.5 Å². The van der Waals surface area contributed by atoms with Crippen molar-refractivity contribution < 1.29 is 24.1 Å². The van der Waals surface area contributed by atoms with E-state index >= 15 is 0 Å². The highest BCUT2D eigenvalue weighted by Crippen LogP contribution is 2.28. The molecule has 0 aliphatic heterocycles. The molecule has 7 heteroatoms. The number of benzene rings is 2. The number of aliphatic hydroxyl groups excluding tert-OH is 1. The van der Waals surface area contributed by atoms with Gasteiger partial charge in [-0.2, -0.15) is 0 Å². The lowest BCUT2D eigenvalue weighted by Gasteiger charge is -2.24. The van der Waals surface area contributed by atoms with Crippen molar-refractivity contribution in [3.8, 4) is 23.0 Å². The predicted octanol–water partition coefficient (Wildman–Crippen LogP) is 3.24. The maximum Gasteiger partial charge on any atom is 0.176 e. The van der Waals surface area contributed by atoms with E-state index in [1.54, 1.807) is 28.3 Å². The molecule has 0 aliphatic rings. The van der Waals surface area contributed by atoms with Crippen LogP contribution in [0.3, 0.4) is 0 Å². The Kier molecular flexibility index (Phi) is 8.46. The third kappa shape index (κ3) is 6.15. The Hall–Kier alpha value is -1.71. The van der Waals surface area contributed by atoms with E-state index in [0.29, 0.717) is 29.5 Å². The van der Waals surface area contributed by atoms with Gasteiger partial charge in [-0.1, -0.05) is 6.07 Å². The quantitative estimate of drug-likeness (QED) is 0.396. The molecule has 2 atom stereocenters. The fraction of sp³-hybridized carbons (Fsp3) is 0.400. The minimum absolute atomic E-state index is 0.536. The lowest BCUT2D eigenvalue weighted by molar-refractivity contribution is 0.0267. The first kappa shape index (κ1) is 21.6. The number of hydrogen-bond acceptors (Lipinski definition) is 6. The second-order valence-electron chi connectivity index (χ2n) is 5.97. The molecule has 2 N–H and O–H groups in total. The highest BCUT2D eigenvalue weighted by Gasteiger charge is 2.18. The molecule has 2 aromatic carbocycles. The van der Waals surface area contributed by atoms with Crippen LogP contribution in [0.1, 0.15) is 12.5 Å². The van der Waals surface area contributed by atoms with E-state index in [1.165, 1.54) is 0 Å². The van der Waals surface area contributed by atoms with Crippen molar-refractivity contribution in [3.63, 3.8) is 0 Å². The van der Waals surface area contributed by atoms with E-state index in [4.69, 9.17) is 18.9 Å². The molecule has 0 fully saturated rings. The summed E-state index contributed by atoms with van der Waals surface area (Å²) in [5.74, 6) is 2.77. The van der Waals surface area contributed by atoms with Gasteiger partial charge in [0.05, 0.1) is 24.9 Å². The third-order valence-corrected chi connectivity index (χ3v) is 4.93. The molecule has 0 aromatic heterocycles. The molecule has 0 spiro atoms. The SMILES string of the molecule is COc1ccc(I)c(OC(NCCc2ccc(OC)c(OC)c2)C(C)O)c1. The number of nitrogens with one attached hydrogen (secondary N) is 1. The minimum atomic E-state index is -0.683. The number of methoxy groups -OCH3 is 3. The molecule has 0 amide bonds. The van der Waals surface area contributed by atoms with Crippen molar-refractivity contribution in [2.75, 3.05) is 27.9 Å². The van der Waals surface area contributed by atoms with Gasteiger partial charge in [0, 0.05) is 12.6 Å². The highest BCUT2D eigenvalue weighted by atomic mass is 127. The van der Waals surface area contributed by atoms with Gasteiger partial charge in [-0.3, -0.25) is 5.32 Å². The average molecular weight is 487 g/mol. The molecular weight excluding hydrogens is 461 g/mol. The van der Waals surface area contributed by atoms with Crippen LogP contribution in [-0.4, -0.2) is 45.3 Å². The zero-order valence-electron chi connectivity index (χ0n) is 16.0. The molecule has 6 nitrogen and oxygen atoms in total. The zero-order chi connectivity index (χ0) is 19.8. The minimum Gasteiger partial charge on any atom is -0.497 e. The molecule has 0 bridgehead atoms. The summed E-state index contributed by atoms with van der Waals surface area (Å²) in [7, 11) is 4.84. The van der Waals surface area contributed by atoms with Gasteiger partial charge in [0.1, 0.15) is 17.6 Å². The van der Waals surface area contributed by atoms with Crippen molar-refractivity contribution in [1.29, 1.82) is 0 Å². The summed E-state index contributed by atoms with van der Waals surface area (Å²) < 4.78 is 22.8. The normalized spacial score (nSPS) is 13.0. The summed E-state index contributed by atoms with van der Waals surface area (Å²) in [4.78, 5) is 0. The van der Waals surface area contributed by atoms with Crippen LogP contribution in [0.15, 0.2) is 36.4 Å². The van der Waals surface area contributed by atoms with Gasteiger partial charge in [-0.25, -0.2) is 0 Å². The van der Waals surface area contributed by atoms with E-state index in [2.05, 4.69) is 27.9 Å². The second-order valence-corrected chi connectivity index (χ2v) is 7.13. The first-order valence-corrected chi connectivity index (χ1v) is 9.69. The maximum atomic E-state index is 10.1. The van der Waals surface area contributed by atoms with Crippen molar-refractivity contribution in [1.82, 2.24) is 5.32 Å². The van der Waals surface area contributed by atoms with Gasteiger partial charge in [-0.05, 0) is 65.8 Å². The van der Waals surface area contributed by atoms with Crippen LogP contribution in [0.25, 0.3) is 0 Å². The highest BCUT2D eigenvalue weighted by molar-refractivity contribution is 14.1. The van der Waals surface area contributed by atoms with Crippen molar-refractivity contribution >= 4 is 22.6 Å². The van der Waals surface area contributed by atoms with Gasteiger partial charge in [0.25, 0.3) is 0 Å². The van der Waals surface area contributed by atoms with E-state index in [1.807, 2.05) is 36.4 Å². The van der Waals surface area contributed by atoms with E-state index in [0.717, 1.165) is 15.6 Å². The summed E-state index contributed by atoms with van der Waals surface area (Å²) >= 11 is 2.20. The third-order valence-electron chi connectivity index (χ3n) is 4.04. The topological polar surface area (TPSA) is 69.2 Å². The van der Waals surface area contributed by atoms with Crippen LogP contribution in [0.4, 0.5) is 0 Å². The van der Waals surface area contributed by atoms with Gasteiger partial charge in [0.2, 0.25) is 0 Å². The van der Waals surface area contributed by atoms with Gasteiger partial charge < -0.3 is 24.1 Å². The van der Waals surface area contributed by atoms with E-state index in [9.17, 15) is 5.11 Å². The molecule has 27 heavy (non-hydrogen) atoms. The van der Waals surface area contributed by atoms with Crippen LogP contribution in [0, 0.1) is 3.57 Å². The molecule has 2 unspecified atom stereocenters. The van der Waals surface area contributed by atoms with Crippen LogP contribution < -0.4 is 24.3 Å². The Balaban J connectivity index is 1.99. The molecule has 0 heterocycles. The lowest BCUT2D eigenvalue weighted by atomic mass is 10.1. The molecule has 0 saturated carbocycles. The Bertz CT molecular complexity index is 738. The number of hydrogen-bond donors (Lipinski definition) is 2. The number of ether oxygens (including phenoxy) is 4. The van der Waals surface area contributed by atoms with Crippen molar-refractivity contribution in [2.24, 2.45) is 0 Å². The fourth-order valence-electron chi connectivity index (χ4n) is 2.54. The number of halogens is 1. The molecule has 2 aromatic rings. The van der Waals surface area contributed by atoms with Crippen LogP contribution in [0.5, 0.6) is 23.0 Å². The molecule has 148 valence electrons. The first-order chi connectivity index (χ1) is 13.0. The first-order valence-electron chi connectivity index (χ1n) is 8.61. The van der Waals surface area contributed by atoms with Crippen LogP contribution in [-0.2, 0) is 6.42 Å². The van der Waals surface area contributed by atoms with Gasteiger partial charge in [0.15, 0.2) is 17.7 Å². The summed E-state index contributed by atoms with van der Waals surface area (Å²) in [6.45, 7) is 2.33. The molecular formula is C20H26INO5. The van der Waals surface area contributed by atoms with E-state index < -0.39 is 12.3 Å².